The lowest BCUT2D eigenvalue weighted by Crippen LogP contribution is -2.17. The molecule has 1 aliphatic carbocycles. The zero-order valence-corrected chi connectivity index (χ0v) is 9.42. The largest absolute Gasteiger partial charge is 0.493 e. The van der Waals surface area contributed by atoms with Crippen molar-refractivity contribution in [2.45, 2.75) is 31.7 Å². The molecule has 0 heterocycles. The standard InChI is InChI=1S/C13H18FNO/c14-7-2-8-16-11-6-5-10-3-1-4-13(15)12(10)9-11/h5-6,9,13H,1-4,7-8,15H2. The number of rotatable bonds is 4. The minimum Gasteiger partial charge on any atom is -0.493 e. The first kappa shape index (κ1) is 11.4. The van der Waals surface area contributed by atoms with Crippen molar-refractivity contribution in [3.63, 3.8) is 0 Å². The maximum absolute atomic E-state index is 11.9. The van der Waals surface area contributed by atoms with Crippen LogP contribution in [0, 0.1) is 0 Å². The number of ether oxygens (including phenoxy) is 1. The maximum Gasteiger partial charge on any atom is 0.119 e. The van der Waals surface area contributed by atoms with Crippen molar-refractivity contribution in [1.29, 1.82) is 0 Å². The van der Waals surface area contributed by atoms with E-state index in [1.54, 1.807) is 0 Å². The van der Waals surface area contributed by atoms with Crippen LogP contribution in [-0.2, 0) is 6.42 Å². The first-order valence-corrected chi connectivity index (χ1v) is 5.88. The molecule has 16 heavy (non-hydrogen) atoms. The van der Waals surface area contributed by atoms with Gasteiger partial charge in [0.25, 0.3) is 0 Å². The average molecular weight is 223 g/mol. The van der Waals surface area contributed by atoms with Gasteiger partial charge in [-0.2, -0.15) is 0 Å². The van der Waals surface area contributed by atoms with Crippen LogP contribution in [0.25, 0.3) is 0 Å². The van der Waals surface area contributed by atoms with Gasteiger partial charge in [0.1, 0.15) is 5.75 Å². The third kappa shape index (κ3) is 2.53. The topological polar surface area (TPSA) is 35.2 Å². The summed E-state index contributed by atoms with van der Waals surface area (Å²) in [5, 5.41) is 0. The van der Waals surface area contributed by atoms with Crippen molar-refractivity contribution in [2.75, 3.05) is 13.3 Å². The Hall–Kier alpha value is -1.09. The van der Waals surface area contributed by atoms with Gasteiger partial charge in [-0.25, -0.2) is 0 Å². The van der Waals surface area contributed by atoms with E-state index in [0.29, 0.717) is 13.0 Å². The van der Waals surface area contributed by atoms with Gasteiger partial charge in [0.15, 0.2) is 0 Å². The van der Waals surface area contributed by atoms with Gasteiger partial charge in [0.05, 0.1) is 13.3 Å². The second kappa shape index (κ2) is 5.30. The third-order valence-electron chi connectivity index (χ3n) is 3.02. The molecule has 2 N–H and O–H groups in total. The summed E-state index contributed by atoms with van der Waals surface area (Å²) in [5.41, 5.74) is 8.58. The Balaban J connectivity index is 2.08. The number of benzene rings is 1. The molecule has 0 aromatic heterocycles. The van der Waals surface area contributed by atoms with E-state index in [9.17, 15) is 4.39 Å². The van der Waals surface area contributed by atoms with Crippen molar-refractivity contribution in [3.8, 4) is 5.75 Å². The molecule has 1 unspecified atom stereocenters. The van der Waals surface area contributed by atoms with E-state index in [4.69, 9.17) is 10.5 Å². The number of aryl methyl sites for hydroxylation is 1. The molecule has 88 valence electrons. The van der Waals surface area contributed by atoms with E-state index >= 15 is 0 Å². The Labute approximate surface area is 95.6 Å². The van der Waals surface area contributed by atoms with Crippen molar-refractivity contribution >= 4 is 0 Å². The number of halogens is 1. The van der Waals surface area contributed by atoms with Gasteiger partial charge in [0.2, 0.25) is 0 Å². The fraction of sp³-hybridized carbons (Fsp3) is 0.538. The molecular weight excluding hydrogens is 205 g/mol. The van der Waals surface area contributed by atoms with Gasteiger partial charge in [-0.05, 0) is 42.5 Å². The van der Waals surface area contributed by atoms with Crippen LogP contribution in [0.2, 0.25) is 0 Å². The number of alkyl halides is 1. The van der Waals surface area contributed by atoms with E-state index in [1.807, 2.05) is 12.1 Å². The van der Waals surface area contributed by atoms with Gasteiger partial charge >= 0.3 is 0 Å². The monoisotopic (exact) mass is 223 g/mol. The highest BCUT2D eigenvalue weighted by molar-refractivity contribution is 5.39. The van der Waals surface area contributed by atoms with Crippen LogP contribution in [0.15, 0.2) is 18.2 Å². The minimum absolute atomic E-state index is 0.133. The number of fused-ring (bicyclic) bond motifs is 1. The number of hydrogen-bond donors (Lipinski definition) is 1. The lowest BCUT2D eigenvalue weighted by molar-refractivity contribution is 0.289. The molecule has 0 radical (unpaired) electrons. The SMILES string of the molecule is NC1CCCc2ccc(OCCCF)cc21. The molecule has 1 atom stereocenters. The van der Waals surface area contributed by atoms with Crippen LogP contribution in [-0.4, -0.2) is 13.3 Å². The molecule has 2 rings (SSSR count). The van der Waals surface area contributed by atoms with Crippen molar-refractivity contribution in [3.05, 3.63) is 29.3 Å². The maximum atomic E-state index is 11.9. The predicted molar refractivity (Wildman–Crippen MR) is 62.4 cm³/mol. The summed E-state index contributed by atoms with van der Waals surface area (Å²) in [4.78, 5) is 0. The summed E-state index contributed by atoms with van der Waals surface area (Å²) < 4.78 is 17.4. The molecule has 1 aromatic carbocycles. The van der Waals surface area contributed by atoms with Crippen LogP contribution < -0.4 is 10.5 Å². The van der Waals surface area contributed by atoms with Crippen LogP contribution >= 0.6 is 0 Å². The predicted octanol–water partition coefficient (Wildman–Crippen LogP) is 2.76. The molecule has 0 saturated heterocycles. The second-order valence-electron chi connectivity index (χ2n) is 4.25. The van der Waals surface area contributed by atoms with Crippen molar-refractivity contribution < 1.29 is 9.13 Å². The molecule has 0 aliphatic heterocycles. The Bertz CT molecular complexity index is 354. The number of nitrogens with two attached hydrogens (primary N) is 1. The normalized spacial score (nSPS) is 19.2. The van der Waals surface area contributed by atoms with Gasteiger partial charge in [-0.15, -0.1) is 0 Å². The summed E-state index contributed by atoms with van der Waals surface area (Å²) in [6.07, 6.45) is 3.76. The van der Waals surface area contributed by atoms with E-state index in [2.05, 4.69) is 6.07 Å². The van der Waals surface area contributed by atoms with Gasteiger partial charge in [0, 0.05) is 12.5 Å². The zero-order chi connectivity index (χ0) is 11.4. The molecule has 0 saturated carbocycles. The van der Waals surface area contributed by atoms with Crippen molar-refractivity contribution in [1.82, 2.24) is 0 Å². The van der Waals surface area contributed by atoms with Gasteiger partial charge in [-0.1, -0.05) is 6.07 Å². The summed E-state index contributed by atoms with van der Waals surface area (Å²) in [5.74, 6) is 0.810. The quantitative estimate of drug-likeness (QED) is 0.796. The van der Waals surface area contributed by atoms with Gasteiger partial charge in [-0.3, -0.25) is 4.39 Å². The van der Waals surface area contributed by atoms with Crippen LogP contribution in [0.4, 0.5) is 4.39 Å². The highest BCUT2D eigenvalue weighted by atomic mass is 19.1. The molecule has 0 spiro atoms. The van der Waals surface area contributed by atoms with E-state index in [1.165, 1.54) is 11.1 Å². The lowest BCUT2D eigenvalue weighted by Gasteiger charge is -2.22. The first-order chi connectivity index (χ1) is 7.81. The summed E-state index contributed by atoms with van der Waals surface area (Å²) in [7, 11) is 0. The Morgan fingerprint density at radius 2 is 2.31 bits per heavy atom. The molecule has 0 fully saturated rings. The zero-order valence-electron chi connectivity index (χ0n) is 9.42. The molecule has 2 nitrogen and oxygen atoms in total. The highest BCUT2D eigenvalue weighted by Gasteiger charge is 2.16. The third-order valence-corrected chi connectivity index (χ3v) is 3.02. The molecule has 0 bridgehead atoms. The highest BCUT2D eigenvalue weighted by Crippen LogP contribution is 2.30. The fourth-order valence-corrected chi connectivity index (χ4v) is 2.15. The Morgan fingerprint density at radius 3 is 3.12 bits per heavy atom. The van der Waals surface area contributed by atoms with E-state index < -0.39 is 0 Å². The summed E-state index contributed by atoms with van der Waals surface area (Å²) >= 11 is 0. The Kier molecular flexibility index (Phi) is 3.78. The molecule has 3 heteroatoms. The summed E-state index contributed by atoms with van der Waals surface area (Å²) in [6, 6.07) is 6.18. The molecule has 0 amide bonds. The minimum atomic E-state index is -0.329. The van der Waals surface area contributed by atoms with E-state index in [-0.39, 0.29) is 12.7 Å². The second-order valence-corrected chi connectivity index (χ2v) is 4.25. The Morgan fingerprint density at radius 1 is 1.44 bits per heavy atom. The van der Waals surface area contributed by atoms with Crippen LogP contribution in [0.1, 0.15) is 36.4 Å². The molecular formula is C13H18FNO. The van der Waals surface area contributed by atoms with Crippen LogP contribution in [0.3, 0.4) is 0 Å². The smallest absolute Gasteiger partial charge is 0.119 e. The van der Waals surface area contributed by atoms with Crippen LogP contribution in [0.5, 0.6) is 5.75 Å². The van der Waals surface area contributed by atoms with E-state index in [0.717, 1.165) is 25.0 Å². The fourth-order valence-electron chi connectivity index (χ4n) is 2.15. The molecule has 1 aromatic rings. The molecule has 1 aliphatic rings. The first-order valence-electron chi connectivity index (χ1n) is 5.88. The van der Waals surface area contributed by atoms with Gasteiger partial charge < -0.3 is 10.5 Å². The average Bonchev–Trinajstić information content (AvgIpc) is 2.30. The lowest BCUT2D eigenvalue weighted by atomic mass is 9.88. The van der Waals surface area contributed by atoms with Crippen molar-refractivity contribution in [2.24, 2.45) is 5.73 Å². The summed E-state index contributed by atoms with van der Waals surface area (Å²) in [6.45, 7) is 0.106. The number of hydrogen-bond acceptors (Lipinski definition) is 2.